The lowest BCUT2D eigenvalue weighted by Gasteiger charge is -2.35. The Morgan fingerprint density at radius 1 is 1.11 bits per heavy atom. The lowest BCUT2D eigenvalue weighted by Crippen LogP contribution is -2.34. The minimum Gasteiger partial charge on any atom is -0.466 e. The second-order valence-corrected chi connectivity index (χ2v) is 6.75. The van der Waals surface area contributed by atoms with Crippen molar-refractivity contribution in [2.45, 2.75) is 39.7 Å². The zero-order valence-electron chi connectivity index (χ0n) is 16.8. The number of ether oxygens (including phenoxy) is 2. The van der Waals surface area contributed by atoms with E-state index in [0.29, 0.717) is 11.4 Å². The van der Waals surface area contributed by atoms with Crippen molar-refractivity contribution in [1.29, 1.82) is 0 Å². The number of para-hydroxylation sites is 1. The number of hydrogen-bond donors (Lipinski definition) is 0. The number of rotatable bonds is 5. The Kier molecular flexibility index (Phi) is 6.23. The predicted octanol–water partition coefficient (Wildman–Crippen LogP) is 3.30. The number of carbonyl (C=O) groups excluding carboxylic acids is 2. The molecule has 1 heterocycles. The van der Waals surface area contributed by atoms with Crippen molar-refractivity contribution in [3.63, 3.8) is 0 Å². The number of allylic oxidation sites excluding steroid dienone is 2. The highest BCUT2D eigenvalue weighted by molar-refractivity contribution is 6.00. The first kappa shape index (κ1) is 21.1. The highest BCUT2D eigenvalue weighted by atomic mass is 16.6. The quantitative estimate of drug-likeness (QED) is 0.433. The number of carbonyl (C=O) groups is 2. The molecule has 0 bridgehead atoms. The van der Waals surface area contributed by atoms with Gasteiger partial charge in [-0.05, 0) is 27.7 Å². The molecule has 0 N–H and O–H groups in total. The zero-order valence-corrected chi connectivity index (χ0v) is 16.8. The highest BCUT2D eigenvalue weighted by Gasteiger charge is 2.42. The number of hydrogen-bond acceptors (Lipinski definition) is 7. The van der Waals surface area contributed by atoms with Crippen LogP contribution in [0.5, 0.6) is 0 Å². The van der Waals surface area contributed by atoms with Crippen LogP contribution in [0.1, 0.15) is 39.2 Å². The standard InChI is InChI=1S/C20H24N2O6/c1-11(2)28-20(24)17-13(4)21(5)12(3)16(19(23)27-6)18(17)14-9-7-8-10-15(14)22(25)26/h7-11,18H,1-6H3. The van der Waals surface area contributed by atoms with Gasteiger partial charge in [0.15, 0.2) is 0 Å². The molecule has 0 aromatic heterocycles. The molecule has 0 spiro atoms. The van der Waals surface area contributed by atoms with Gasteiger partial charge in [0, 0.05) is 30.1 Å². The Balaban J connectivity index is 2.84. The van der Waals surface area contributed by atoms with Gasteiger partial charge in [0.25, 0.3) is 5.69 Å². The Hall–Kier alpha value is -3.16. The number of nitro groups is 1. The van der Waals surface area contributed by atoms with Crippen LogP contribution in [-0.4, -0.2) is 42.0 Å². The van der Waals surface area contributed by atoms with Crippen molar-refractivity contribution in [3.8, 4) is 0 Å². The van der Waals surface area contributed by atoms with Gasteiger partial charge < -0.3 is 14.4 Å². The van der Waals surface area contributed by atoms with Gasteiger partial charge >= 0.3 is 11.9 Å². The van der Waals surface area contributed by atoms with Gasteiger partial charge in [-0.25, -0.2) is 9.59 Å². The minimum absolute atomic E-state index is 0.167. The average Bonchev–Trinajstić information content (AvgIpc) is 2.64. The maximum absolute atomic E-state index is 12.9. The lowest BCUT2D eigenvalue weighted by molar-refractivity contribution is -0.385. The molecule has 0 saturated heterocycles. The molecule has 0 saturated carbocycles. The van der Waals surface area contributed by atoms with Crippen LogP contribution >= 0.6 is 0 Å². The van der Waals surface area contributed by atoms with E-state index in [1.54, 1.807) is 51.8 Å². The molecule has 1 atom stereocenters. The number of benzene rings is 1. The number of methoxy groups -OCH3 is 1. The Morgan fingerprint density at radius 3 is 2.14 bits per heavy atom. The summed E-state index contributed by atoms with van der Waals surface area (Å²) in [5.41, 5.74) is 1.49. The van der Waals surface area contributed by atoms with Crippen LogP contribution in [0.2, 0.25) is 0 Å². The van der Waals surface area contributed by atoms with Crippen molar-refractivity contribution in [2.24, 2.45) is 0 Å². The minimum atomic E-state index is -0.975. The molecule has 1 aromatic carbocycles. The molecule has 1 aromatic rings. The molecule has 8 nitrogen and oxygen atoms in total. The van der Waals surface area contributed by atoms with Crippen molar-refractivity contribution in [3.05, 3.63) is 62.5 Å². The van der Waals surface area contributed by atoms with Crippen molar-refractivity contribution < 1.29 is 24.0 Å². The molecule has 150 valence electrons. The SMILES string of the molecule is COC(=O)C1=C(C)N(C)C(C)=C(C(=O)OC(C)C)C1c1ccccc1[N+](=O)[O-]. The highest BCUT2D eigenvalue weighted by Crippen LogP contribution is 2.44. The molecular weight excluding hydrogens is 364 g/mol. The van der Waals surface area contributed by atoms with Gasteiger partial charge in [0.1, 0.15) is 0 Å². The van der Waals surface area contributed by atoms with Crippen LogP contribution in [0.15, 0.2) is 46.8 Å². The van der Waals surface area contributed by atoms with Crippen LogP contribution < -0.4 is 0 Å². The molecule has 0 aliphatic carbocycles. The first-order valence-corrected chi connectivity index (χ1v) is 8.79. The molecule has 2 rings (SSSR count). The summed E-state index contributed by atoms with van der Waals surface area (Å²) < 4.78 is 10.3. The maximum atomic E-state index is 12.9. The third kappa shape index (κ3) is 3.76. The van der Waals surface area contributed by atoms with Gasteiger partial charge in [-0.15, -0.1) is 0 Å². The fraction of sp³-hybridized carbons (Fsp3) is 0.400. The van der Waals surface area contributed by atoms with E-state index in [1.807, 2.05) is 0 Å². The van der Waals surface area contributed by atoms with E-state index in [4.69, 9.17) is 9.47 Å². The van der Waals surface area contributed by atoms with Gasteiger partial charge in [-0.3, -0.25) is 10.1 Å². The molecule has 0 radical (unpaired) electrons. The van der Waals surface area contributed by atoms with Gasteiger partial charge in [-0.2, -0.15) is 0 Å². The summed E-state index contributed by atoms with van der Waals surface area (Å²) in [5.74, 6) is -2.26. The lowest BCUT2D eigenvalue weighted by atomic mass is 9.79. The van der Waals surface area contributed by atoms with E-state index < -0.39 is 28.9 Å². The van der Waals surface area contributed by atoms with Crippen LogP contribution in [0, 0.1) is 10.1 Å². The topological polar surface area (TPSA) is 99.0 Å². The predicted molar refractivity (Wildman–Crippen MR) is 102 cm³/mol. The van der Waals surface area contributed by atoms with Crippen LogP contribution in [-0.2, 0) is 19.1 Å². The van der Waals surface area contributed by atoms with Crippen molar-refractivity contribution >= 4 is 17.6 Å². The molecule has 0 fully saturated rings. The summed E-state index contributed by atoms with van der Waals surface area (Å²) in [6, 6.07) is 6.05. The zero-order chi connectivity index (χ0) is 21.2. The molecule has 1 unspecified atom stereocenters. The fourth-order valence-corrected chi connectivity index (χ4v) is 3.30. The monoisotopic (exact) mass is 388 g/mol. The summed E-state index contributed by atoms with van der Waals surface area (Å²) in [7, 11) is 2.95. The van der Waals surface area contributed by atoms with Crippen LogP contribution in [0.3, 0.4) is 0 Å². The van der Waals surface area contributed by atoms with Crippen molar-refractivity contribution in [1.82, 2.24) is 4.90 Å². The fourth-order valence-electron chi connectivity index (χ4n) is 3.30. The van der Waals surface area contributed by atoms with Crippen LogP contribution in [0.4, 0.5) is 5.69 Å². The van der Waals surface area contributed by atoms with Crippen molar-refractivity contribution in [2.75, 3.05) is 14.2 Å². The Labute approximate surface area is 163 Å². The molecule has 0 amide bonds. The summed E-state index contributed by atoms with van der Waals surface area (Å²) in [4.78, 5) is 38.4. The molecular formula is C20H24N2O6. The first-order chi connectivity index (χ1) is 13.1. The second-order valence-electron chi connectivity index (χ2n) is 6.75. The van der Waals surface area contributed by atoms with E-state index in [0.717, 1.165) is 0 Å². The maximum Gasteiger partial charge on any atom is 0.337 e. The van der Waals surface area contributed by atoms with Crippen LogP contribution in [0.25, 0.3) is 0 Å². The largest absolute Gasteiger partial charge is 0.466 e. The number of nitrogens with zero attached hydrogens (tertiary/aromatic N) is 2. The molecule has 1 aliphatic rings. The van der Waals surface area contributed by atoms with Gasteiger partial charge in [-0.1, -0.05) is 18.2 Å². The van der Waals surface area contributed by atoms with E-state index in [1.165, 1.54) is 19.2 Å². The Bertz CT molecular complexity index is 884. The number of esters is 2. The summed E-state index contributed by atoms with van der Waals surface area (Å²) >= 11 is 0. The molecule has 8 heteroatoms. The normalized spacial score (nSPS) is 17.1. The van der Waals surface area contributed by atoms with Gasteiger partial charge in [0.05, 0.1) is 35.2 Å². The number of nitro benzene ring substituents is 1. The van der Waals surface area contributed by atoms with E-state index in [2.05, 4.69) is 0 Å². The first-order valence-electron chi connectivity index (χ1n) is 8.79. The average molecular weight is 388 g/mol. The van der Waals surface area contributed by atoms with E-state index >= 15 is 0 Å². The molecule has 28 heavy (non-hydrogen) atoms. The smallest absolute Gasteiger partial charge is 0.337 e. The van der Waals surface area contributed by atoms with E-state index in [9.17, 15) is 19.7 Å². The molecule has 1 aliphatic heterocycles. The van der Waals surface area contributed by atoms with Gasteiger partial charge in [0.2, 0.25) is 0 Å². The summed E-state index contributed by atoms with van der Waals surface area (Å²) in [5, 5.41) is 11.6. The third-order valence-electron chi connectivity index (χ3n) is 4.78. The Morgan fingerprint density at radius 2 is 1.64 bits per heavy atom. The summed E-state index contributed by atoms with van der Waals surface area (Å²) in [6.07, 6.45) is -0.391. The third-order valence-corrected chi connectivity index (χ3v) is 4.78. The second kappa shape index (κ2) is 8.24. The summed E-state index contributed by atoms with van der Waals surface area (Å²) in [6.45, 7) is 6.85. The van der Waals surface area contributed by atoms with E-state index in [-0.39, 0.29) is 22.4 Å².